The van der Waals surface area contributed by atoms with E-state index in [1.165, 1.54) is 22.8 Å². The van der Waals surface area contributed by atoms with Crippen LogP contribution in [0.1, 0.15) is 26.7 Å². The fraction of sp³-hybridized carbons (Fsp3) is 0.400. The van der Waals surface area contributed by atoms with Gasteiger partial charge in [0.2, 0.25) is 5.75 Å². The van der Waals surface area contributed by atoms with Crippen LogP contribution in [0.25, 0.3) is 10.9 Å². The molecule has 0 amide bonds. The summed E-state index contributed by atoms with van der Waals surface area (Å²) in [4.78, 5) is 22.8. The first-order chi connectivity index (χ1) is 10.5. The zero-order valence-corrected chi connectivity index (χ0v) is 12.5. The monoisotopic (exact) mass is 306 g/mol. The van der Waals surface area contributed by atoms with Crippen molar-refractivity contribution in [3.8, 4) is 11.5 Å². The van der Waals surface area contributed by atoms with Gasteiger partial charge in [0.1, 0.15) is 0 Å². The Bertz CT molecular complexity index is 767. The van der Waals surface area contributed by atoms with Crippen molar-refractivity contribution in [3.05, 3.63) is 38.7 Å². The summed E-state index contributed by atoms with van der Waals surface area (Å²) in [5, 5.41) is 21.5. The number of unbranched alkanes of at least 4 members (excludes halogenated alkanes) is 1. The summed E-state index contributed by atoms with van der Waals surface area (Å²) in [5.74, 6) is -0.368. The Kier molecular flexibility index (Phi) is 4.65. The van der Waals surface area contributed by atoms with Gasteiger partial charge in [0.15, 0.2) is 5.75 Å². The third-order valence-electron chi connectivity index (χ3n) is 3.45. The number of benzene rings is 1. The van der Waals surface area contributed by atoms with Crippen molar-refractivity contribution in [1.82, 2.24) is 4.57 Å². The number of hydrogen-bond acceptors (Lipinski definition) is 5. The molecular formula is C15H18N2O5. The van der Waals surface area contributed by atoms with Crippen molar-refractivity contribution in [3.63, 3.8) is 0 Å². The standard InChI is InChI=1S/C15H18N2O5/c1-3-5-8-22-14-13(18)11-7-6-10(17(20)21)9-12(11)16(4-2)15(14)19/h6-7,9,18H,3-5,8H2,1-2H3. The molecule has 0 saturated heterocycles. The number of nitro benzene ring substituents is 1. The van der Waals surface area contributed by atoms with Gasteiger partial charge in [-0.05, 0) is 19.4 Å². The van der Waals surface area contributed by atoms with Crippen LogP contribution in [0, 0.1) is 10.1 Å². The van der Waals surface area contributed by atoms with Crippen molar-refractivity contribution in [2.75, 3.05) is 6.61 Å². The second-order valence-corrected chi connectivity index (χ2v) is 4.89. The van der Waals surface area contributed by atoms with Crippen molar-refractivity contribution in [2.45, 2.75) is 33.2 Å². The number of aryl methyl sites for hydroxylation is 1. The molecule has 1 N–H and O–H groups in total. The number of nitro groups is 1. The van der Waals surface area contributed by atoms with Crippen molar-refractivity contribution in [2.24, 2.45) is 0 Å². The molecule has 2 aromatic rings. The van der Waals surface area contributed by atoms with Crippen LogP contribution < -0.4 is 10.3 Å². The lowest BCUT2D eigenvalue weighted by molar-refractivity contribution is -0.384. The summed E-state index contributed by atoms with van der Waals surface area (Å²) in [5.41, 5.74) is -0.292. The Labute approximate surface area is 126 Å². The average molecular weight is 306 g/mol. The Hall–Kier alpha value is -2.57. The van der Waals surface area contributed by atoms with E-state index in [1.54, 1.807) is 6.92 Å². The predicted octanol–water partition coefficient (Wildman–Crippen LogP) is 2.81. The Morgan fingerprint density at radius 2 is 2.09 bits per heavy atom. The summed E-state index contributed by atoms with van der Waals surface area (Å²) in [6.07, 6.45) is 1.67. The average Bonchev–Trinajstić information content (AvgIpc) is 2.50. The van der Waals surface area contributed by atoms with E-state index in [4.69, 9.17) is 4.74 Å². The van der Waals surface area contributed by atoms with Crippen LogP contribution >= 0.6 is 0 Å². The maximum absolute atomic E-state index is 12.4. The molecule has 0 spiro atoms. The Morgan fingerprint density at radius 1 is 1.36 bits per heavy atom. The van der Waals surface area contributed by atoms with Gasteiger partial charge < -0.3 is 14.4 Å². The smallest absolute Gasteiger partial charge is 0.297 e. The van der Waals surface area contributed by atoms with Crippen LogP contribution in [0.3, 0.4) is 0 Å². The highest BCUT2D eigenvalue weighted by Crippen LogP contribution is 2.33. The van der Waals surface area contributed by atoms with Crippen LogP contribution in [-0.2, 0) is 6.54 Å². The zero-order chi connectivity index (χ0) is 16.3. The van der Waals surface area contributed by atoms with Crippen molar-refractivity contribution < 1.29 is 14.8 Å². The molecular weight excluding hydrogens is 288 g/mol. The summed E-state index contributed by atoms with van der Waals surface area (Å²) < 4.78 is 6.78. The summed E-state index contributed by atoms with van der Waals surface area (Å²) >= 11 is 0. The summed E-state index contributed by atoms with van der Waals surface area (Å²) in [7, 11) is 0. The number of aromatic hydroxyl groups is 1. The topological polar surface area (TPSA) is 94.6 Å². The summed E-state index contributed by atoms with van der Waals surface area (Å²) in [6, 6.07) is 4.01. The van der Waals surface area contributed by atoms with E-state index in [2.05, 4.69) is 0 Å². The summed E-state index contributed by atoms with van der Waals surface area (Å²) in [6.45, 7) is 4.40. The number of non-ortho nitro benzene ring substituents is 1. The largest absolute Gasteiger partial charge is 0.504 e. The van der Waals surface area contributed by atoms with Gasteiger partial charge in [0.05, 0.1) is 17.0 Å². The quantitative estimate of drug-likeness (QED) is 0.503. The van der Waals surface area contributed by atoms with Gasteiger partial charge in [0.25, 0.3) is 11.2 Å². The second-order valence-electron chi connectivity index (χ2n) is 4.89. The number of nitrogens with zero attached hydrogens (tertiary/aromatic N) is 2. The Morgan fingerprint density at radius 3 is 2.68 bits per heavy atom. The van der Waals surface area contributed by atoms with E-state index < -0.39 is 10.5 Å². The number of rotatable bonds is 6. The maximum Gasteiger partial charge on any atom is 0.297 e. The van der Waals surface area contributed by atoms with Crippen LogP contribution in [-0.4, -0.2) is 21.2 Å². The SMILES string of the molecule is CCCCOc1c(O)c2ccc([N+](=O)[O-])cc2n(CC)c1=O. The molecule has 118 valence electrons. The molecule has 7 heteroatoms. The van der Waals surface area contributed by atoms with Gasteiger partial charge >= 0.3 is 0 Å². The van der Waals surface area contributed by atoms with Crippen molar-refractivity contribution in [1.29, 1.82) is 0 Å². The number of pyridine rings is 1. The van der Waals surface area contributed by atoms with Gasteiger partial charge in [0, 0.05) is 24.1 Å². The molecule has 0 saturated carbocycles. The minimum absolute atomic E-state index is 0.100. The first kappa shape index (κ1) is 15.8. The fourth-order valence-corrected chi connectivity index (χ4v) is 2.28. The molecule has 0 unspecified atom stereocenters. The lowest BCUT2D eigenvalue weighted by atomic mass is 10.1. The zero-order valence-electron chi connectivity index (χ0n) is 12.5. The first-order valence-electron chi connectivity index (χ1n) is 7.17. The molecule has 7 nitrogen and oxygen atoms in total. The molecule has 1 aromatic heterocycles. The molecule has 0 aliphatic heterocycles. The number of aromatic nitrogens is 1. The van der Waals surface area contributed by atoms with E-state index >= 15 is 0 Å². The van der Waals surface area contributed by atoms with Crippen LogP contribution in [0.2, 0.25) is 0 Å². The minimum atomic E-state index is -0.535. The van der Waals surface area contributed by atoms with E-state index in [-0.39, 0.29) is 17.2 Å². The lowest BCUT2D eigenvalue weighted by Gasteiger charge is -2.14. The molecule has 0 fully saturated rings. The number of ether oxygens (including phenoxy) is 1. The lowest BCUT2D eigenvalue weighted by Crippen LogP contribution is -2.22. The van der Waals surface area contributed by atoms with Gasteiger partial charge in [-0.2, -0.15) is 0 Å². The fourth-order valence-electron chi connectivity index (χ4n) is 2.28. The molecule has 0 bridgehead atoms. The van der Waals surface area contributed by atoms with Crippen molar-refractivity contribution >= 4 is 16.6 Å². The van der Waals surface area contributed by atoms with Crippen LogP contribution in [0.4, 0.5) is 5.69 Å². The van der Waals surface area contributed by atoms with Crippen LogP contribution in [0.15, 0.2) is 23.0 Å². The maximum atomic E-state index is 12.4. The van der Waals surface area contributed by atoms with E-state index in [1.807, 2.05) is 6.92 Å². The van der Waals surface area contributed by atoms with Gasteiger partial charge in [-0.25, -0.2) is 0 Å². The third kappa shape index (κ3) is 2.74. The highest BCUT2D eigenvalue weighted by Gasteiger charge is 2.19. The van der Waals surface area contributed by atoms with Gasteiger partial charge in [-0.1, -0.05) is 13.3 Å². The Balaban J connectivity index is 2.68. The van der Waals surface area contributed by atoms with E-state index in [9.17, 15) is 20.0 Å². The molecule has 1 heterocycles. The van der Waals surface area contributed by atoms with E-state index in [0.29, 0.717) is 24.1 Å². The highest BCUT2D eigenvalue weighted by atomic mass is 16.6. The van der Waals surface area contributed by atoms with Gasteiger partial charge in [-0.15, -0.1) is 0 Å². The first-order valence-corrected chi connectivity index (χ1v) is 7.17. The normalized spacial score (nSPS) is 10.8. The number of hydrogen-bond donors (Lipinski definition) is 1. The molecule has 0 aliphatic rings. The van der Waals surface area contributed by atoms with Crippen LogP contribution in [0.5, 0.6) is 11.5 Å². The molecule has 0 aliphatic carbocycles. The predicted molar refractivity (Wildman–Crippen MR) is 82.6 cm³/mol. The minimum Gasteiger partial charge on any atom is -0.504 e. The molecule has 1 aromatic carbocycles. The molecule has 0 radical (unpaired) electrons. The second kappa shape index (κ2) is 6.46. The van der Waals surface area contributed by atoms with Gasteiger partial charge in [-0.3, -0.25) is 14.9 Å². The molecule has 22 heavy (non-hydrogen) atoms. The molecule has 2 rings (SSSR count). The highest BCUT2D eigenvalue weighted by molar-refractivity contribution is 5.89. The van der Waals surface area contributed by atoms with E-state index in [0.717, 1.165) is 12.8 Å². The molecule has 0 atom stereocenters. The third-order valence-corrected chi connectivity index (χ3v) is 3.45. The number of fused-ring (bicyclic) bond motifs is 1.